The van der Waals surface area contributed by atoms with Gasteiger partial charge in [-0.15, -0.1) is 0 Å². The van der Waals surface area contributed by atoms with Gasteiger partial charge in [0.1, 0.15) is 6.04 Å². The second kappa shape index (κ2) is 9.96. The Labute approximate surface area is 175 Å². The molecule has 0 bridgehead atoms. The van der Waals surface area contributed by atoms with E-state index >= 15 is 0 Å². The number of hydrogen-bond acceptors (Lipinski definition) is 5. The molecule has 1 heterocycles. The lowest BCUT2D eigenvalue weighted by molar-refractivity contribution is -0.132. The monoisotopic (exact) mass is 413 g/mol. The van der Waals surface area contributed by atoms with E-state index in [0.717, 1.165) is 4.90 Å². The molecule has 1 unspecified atom stereocenters. The molecule has 0 spiro atoms. The summed E-state index contributed by atoms with van der Waals surface area (Å²) < 4.78 is 0. The molecule has 0 fully saturated rings. The van der Waals surface area contributed by atoms with Crippen molar-refractivity contribution in [3.05, 3.63) is 42.0 Å². The first-order valence-electron chi connectivity index (χ1n) is 9.91. The van der Waals surface area contributed by atoms with Gasteiger partial charge in [0.05, 0.1) is 18.2 Å². The van der Waals surface area contributed by atoms with Crippen LogP contribution in [0.4, 0.5) is 5.69 Å². The molecule has 8 nitrogen and oxygen atoms in total. The number of ketones is 1. The SMILES string of the molecule is CCC(=O)C(C)NC(=O)[C@@H](NC(=O)Cc1ccc(N2C(=O)C=CC2=O)cc1)C(C)C. The largest absolute Gasteiger partial charge is 0.345 e. The molecule has 2 rings (SSSR count). The van der Waals surface area contributed by atoms with Crippen LogP contribution in [0.2, 0.25) is 0 Å². The Balaban J connectivity index is 1.98. The third-order valence-corrected chi connectivity index (χ3v) is 4.82. The first kappa shape index (κ1) is 23.0. The second-order valence-corrected chi connectivity index (χ2v) is 7.53. The zero-order valence-electron chi connectivity index (χ0n) is 17.6. The van der Waals surface area contributed by atoms with Crippen molar-refractivity contribution in [3.8, 4) is 0 Å². The van der Waals surface area contributed by atoms with Gasteiger partial charge in [0, 0.05) is 18.6 Å². The second-order valence-electron chi connectivity index (χ2n) is 7.53. The van der Waals surface area contributed by atoms with Gasteiger partial charge in [-0.2, -0.15) is 0 Å². The zero-order chi connectivity index (χ0) is 22.4. The van der Waals surface area contributed by atoms with Crippen LogP contribution in [0.25, 0.3) is 0 Å². The van der Waals surface area contributed by atoms with E-state index in [1.165, 1.54) is 12.2 Å². The van der Waals surface area contributed by atoms with Crippen LogP contribution < -0.4 is 15.5 Å². The van der Waals surface area contributed by atoms with Crippen LogP contribution >= 0.6 is 0 Å². The molecule has 1 aromatic carbocycles. The van der Waals surface area contributed by atoms with Crippen LogP contribution in [0.3, 0.4) is 0 Å². The van der Waals surface area contributed by atoms with Gasteiger partial charge in [-0.05, 0) is 30.5 Å². The number of nitrogens with zero attached hydrogens (tertiary/aromatic N) is 1. The molecule has 1 aromatic rings. The molecule has 2 N–H and O–H groups in total. The number of amides is 4. The smallest absolute Gasteiger partial charge is 0.258 e. The van der Waals surface area contributed by atoms with Gasteiger partial charge in [-0.25, -0.2) is 4.90 Å². The van der Waals surface area contributed by atoms with Crippen LogP contribution in [0, 0.1) is 5.92 Å². The molecule has 0 radical (unpaired) electrons. The molecule has 0 saturated heterocycles. The summed E-state index contributed by atoms with van der Waals surface area (Å²) in [6.07, 6.45) is 2.76. The third kappa shape index (κ3) is 5.62. The minimum Gasteiger partial charge on any atom is -0.345 e. The summed E-state index contributed by atoms with van der Waals surface area (Å²) in [5.41, 5.74) is 1.09. The van der Waals surface area contributed by atoms with Gasteiger partial charge in [0.25, 0.3) is 11.8 Å². The Morgan fingerprint density at radius 3 is 2.00 bits per heavy atom. The quantitative estimate of drug-likeness (QED) is 0.592. The Kier molecular flexibility index (Phi) is 7.63. The molecule has 0 aliphatic carbocycles. The molecule has 4 amide bonds. The predicted molar refractivity (Wildman–Crippen MR) is 111 cm³/mol. The van der Waals surface area contributed by atoms with Gasteiger partial charge in [-0.3, -0.25) is 24.0 Å². The maximum absolute atomic E-state index is 12.5. The Bertz CT molecular complexity index is 855. The molecule has 0 aromatic heterocycles. The number of Topliss-reactive ketones (excluding diaryl/α,β-unsaturated/α-hetero) is 1. The fourth-order valence-electron chi connectivity index (χ4n) is 3.05. The number of nitrogens with one attached hydrogen (secondary N) is 2. The minimum absolute atomic E-state index is 0.0281. The van der Waals surface area contributed by atoms with Gasteiger partial charge in [-0.1, -0.05) is 32.9 Å². The van der Waals surface area contributed by atoms with Crippen LogP contribution in [0.5, 0.6) is 0 Å². The first-order chi connectivity index (χ1) is 14.1. The van der Waals surface area contributed by atoms with Gasteiger partial charge < -0.3 is 10.6 Å². The van der Waals surface area contributed by atoms with E-state index in [-0.39, 0.29) is 24.0 Å². The maximum Gasteiger partial charge on any atom is 0.258 e. The van der Waals surface area contributed by atoms with E-state index < -0.39 is 29.8 Å². The third-order valence-electron chi connectivity index (χ3n) is 4.82. The van der Waals surface area contributed by atoms with Crippen molar-refractivity contribution in [1.29, 1.82) is 0 Å². The van der Waals surface area contributed by atoms with E-state index in [9.17, 15) is 24.0 Å². The van der Waals surface area contributed by atoms with Crippen molar-refractivity contribution >= 4 is 35.1 Å². The van der Waals surface area contributed by atoms with Crippen molar-refractivity contribution < 1.29 is 24.0 Å². The summed E-state index contributed by atoms with van der Waals surface area (Å²) in [5.74, 6) is -1.82. The normalized spacial score (nSPS) is 15.3. The van der Waals surface area contributed by atoms with Crippen LogP contribution in [-0.4, -0.2) is 41.5 Å². The summed E-state index contributed by atoms with van der Waals surface area (Å²) in [7, 11) is 0. The van der Waals surface area contributed by atoms with E-state index in [2.05, 4.69) is 10.6 Å². The zero-order valence-corrected chi connectivity index (χ0v) is 17.6. The average Bonchev–Trinajstić information content (AvgIpc) is 3.03. The van der Waals surface area contributed by atoms with Crippen molar-refractivity contribution in [3.63, 3.8) is 0 Å². The summed E-state index contributed by atoms with van der Waals surface area (Å²) in [6.45, 7) is 6.97. The highest BCUT2D eigenvalue weighted by Crippen LogP contribution is 2.19. The molecule has 30 heavy (non-hydrogen) atoms. The van der Waals surface area contributed by atoms with Gasteiger partial charge >= 0.3 is 0 Å². The molecule has 2 atom stereocenters. The Morgan fingerprint density at radius 1 is 0.933 bits per heavy atom. The fraction of sp³-hybridized carbons (Fsp3) is 0.409. The van der Waals surface area contributed by atoms with E-state index in [0.29, 0.717) is 17.7 Å². The predicted octanol–water partition coefficient (Wildman–Crippen LogP) is 1.28. The van der Waals surface area contributed by atoms with Crippen molar-refractivity contribution in [2.75, 3.05) is 4.90 Å². The molecule has 1 aliphatic heterocycles. The highest BCUT2D eigenvalue weighted by atomic mass is 16.2. The number of rotatable bonds is 9. The van der Waals surface area contributed by atoms with Gasteiger partial charge in [0.15, 0.2) is 5.78 Å². The van der Waals surface area contributed by atoms with Crippen molar-refractivity contribution in [2.45, 2.75) is 52.6 Å². The van der Waals surface area contributed by atoms with Gasteiger partial charge in [0.2, 0.25) is 11.8 Å². The van der Waals surface area contributed by atoms with E-state index in [1.54, 1.807) is 38.1 Å². The lowest BCUT2D eigenvalue weighted by Crippen LogP contribution is -2.53. The highest BCUT2D eigenvalue weighted by Gasteiger charge is 2.27. The maximum atomic E-state index is 12.5. The van der Waals surface area contributed by atoms with Crippen LogP contribution in [0.15, 0.2) is 36.4 Å². The average molecular weight is 413 g/mol. The molecule has 8 heteroatoms. The van der Waals surface area contributed by atoms with Crippen LogP contribution in [0.1, 0.15) is 39.7 Å². The molecular weight excluding hydrogens is 386 g/mol. The fourth-order valence-corrected chi connectivity index (χ4v) is 3.05. The molecule has 0 saturated carbocycles. The first-order valence-corrected chi connectivity index (χ1v) is 9.91. The summed E-state index contributed by atoms with van der Waals surface area (Å²) in [6, 6.07) is 5.11. The molecule has 160 valence electrons. The Morgan fingerprint density at radius 2 is 1.50 bits per heavy atom. The summed E-state index contributed by atoms with van der Waals surface area (Å²) in [5, 5.41) is 5.37. The summed E-state index contributed by atoms with van der Waals surface area (Å²) in [4.78, 5) is 61.2. The number of carbonyl (C=O) groups is 5. The highest BCUT2D eigenvalue weighted by molar-refractivity contribution is 6.28. The van der Waals surface area contributed by atoms with E-state index in [1.807, 2.05) is 13.8 Å². The van der Waals surface area contributed by atoms with Crippen LogP contribution in [-0.2, 0) is 30.4 Å². The topological polar surface area (TPSA) is 113 Å². The minimum atomic E-state index is -0.769. The number of anilines is 1. The van der Waals surface area contributed by atoms with Crippen molar-refractivity contribution in [1.82, 2.24) is 10.6 Å². The molecule has 1 aliphatic rings. The lowest BCUT2D eigenvalue weighted by atomic mass is 10.0. The molecular formula is C22H27N3O5. The number of carbonyl (C=O) groups excluding carboxylic acids is 5. The number of benzene rings is 1. The number of imide groups is 1. The Hall–Kier alpha value is -3.29. The van der Waals surface area contributed by atoms with E-state index in [4.69, 9.17) is 0 Å². The number of hydrogen-bond donors (Lipinski definition) is 2. The lowest BCUT2D eigenvalue weighted by Gasteiger charge is -2.23. The summed E-state index contributed by atoms with van der Waals surface area (Å²) >= 11 is 0. The van der Waals surface area contributed by atoms with Crippen molar-refractivity contribution in [2.24, 2.45) is 5.92 Å². The standard InChI is InChI=1S/C22H27N3O5/c1-5-17(26)14(4)23-22(30)21(13(2)3)24-18(27)12-15-6-8-16(9-7-15)25-19(28)10-11-20(25)29/h6-11,13-14,21H,5,12H2,1-4H3,(H,23,30)(H,24,27)/t14?,21-/m0/s1.